The SMILES string of the molecule is CC(=O)CN(C)C(=O)c1ccc(OC2CCN(S(C)(=O)=O)CC2)c(Cl)c1. The summed E-state index contributed by atoms with van der Waals surface area (Å²) in [6.45, 7) is 2.28. The molecule has 1 aromatic rings. The zero-order valence-corrected chi connectivity index (χ0v) is 16.6. The van der Waals surface area contributed by atoms with Gasteiger partial charge in [0.2, 0.25) is 10.0 Å². The van der Waals surface area contributed by atoms with Crippen molar-refractivity contribution < 1.29 is 22.7 Å². The van der Waals surface area contributed by atoms with Gasteiger partial charge in [-0.1, -0.05) is 11.6 Å². The van der Waals surface area contributed by atoms with Gasteiger partial charge in [0.25, 0.3) is 5.91 Å². The lowest BCUT2D eigenvalue weighted by Crippen LogP contribution is -2.41. The molecule has 0 N–H and O–H groups in total. The van der Waals surface area contributed by atoms with E-state index in [0.717, 1.165) is 0 Å². The van der Waals surface area contributed by atoms with Crippen LogP contribution in [0.1, 0.15) is 30.1 Å². The number of benzene rings is 1. The summed E-state index contributed by atoms with van der Waals surface area (Å²) in [5.41, 5.74) is 0.373. The number of hydrogen-bond donors (Lipinski definition) is 0. The second kappa shape index (κ2) is 8.37. The number of ketones is 1. The first-order valence-electron chi connectivity index (χ1n) is 8.24. The van der Waals surface area contributed by atoms with Gasteiger partial charge in [-0.2, -0.15) is 0 Å². The Hall–Kier alpha value is -1.64. The van der Waals surface area contributed by atoms with Crippen LogP contribution < -0.4 is 4.74 Å². The summed E-state index contributed by atoms with van der Waals surface area (Å²) in [5.74, 6) is 0.0534. The van der Waals surface area contributed by atoms with Gasteiger partial charge in [0, 0.05) is 25.7 Å². The number of halogens is 1. The molecule has 7 nitrogen and oxygen atoms in total. The molecular formula is C17H23ClN2O5S. The average Bonchev–Trinajstić information content (AvgIpc) is 2.55. The fourth-order valence-corrected chi connectivity index (χ4v) is 3.92. The van der Waals surface area contributed by atoms with Crippen molar-refractivity contribution in [2.24, 2.45) is 0 Å². The van der Waals surface area contributed by atoms with Gasteiger partial charge >= 0.3 is 0 Å². The van der Waals surface area contributed by atoms with Crippen molar-refractivity contribution in [3.63, 3.8) is 0 Å². The largest absolute Gasteiger partial charge is 0.489 e. The first-order valence-corrected chi connectivity index (χ1v) is 10.5. The van der Waals surface area contributed by atoms with Crippen LogP contribution in [-0.2, 0) is 14.8 Å². The molecule has 1 saturated heterocycles. The van der Waals surface area contributed by atoms with E-state index in [9.17, 15) is 18.0 Å². The van der Waals surface area contributed by atoms with E-state index in [4.69, 9.17) is 16.3 Å². The van der Waals surface area contributed by atoms with E-state index in [1.54, 1.807) is 19.2 Å². The molecule has 2 rings (SSSR count). The summed E-state index contributed by atoms with van der Waals surface area (Å²) >= 11 is 6.24. The third-order valence-electron chi connectivity index (χ3n) is 4.15. The molecule has 0 spiro atoms. The highest BCUT2D eigenvalue weighted by atomic mass is 35.5. The third kappa shape index (κ3) is 5.43. The van der Waals surface area contributed by atoms with E-state index in [-0.39, 0.29) is 24.3 Å². The summed E-state index contributed by atoms with van der Waals surface area (Å²) in [4.78, 5) is 24.7. The fourth-order valence-electron chi connectivity index (χ4n) is 2.82. The van der Waals surface area contributed by atoms with Crippen molar-refractivity contribution >= 4 is 33.3 Å². The highest BCUT2D eigenvalue weighted by molar-refractivity contribution is 7.88. The number of carbonyl (C=O) groups excluding carboxylic acids is 2. The van der Waals surface area contributed by atoms with Gasteiger partial charge in [0.1, 0.15) is 17.6 Å². The van der Waals surface area contributed by atoms with E-state index in [0.29, 0.717) is 42.3 Å². The highest BCUT2D eigenvalue weighted by Crippen LogP contribution is 2.29. The van der Waals surface area contributed by atoms with Crippen LogP contribution in [0.3, 0.4) is 0 Å². The number of Topliss-reactive ketones (excluding diaryl/α,β-unsaturated/α-hetero) is 1. The molecule has 26 heavy (non-hydrogen) atoms. The Balaban J connectivity index is 2.00. The van der Waals surface area contributed by atoms with Crippen LogP contribution >= 0.6 is 11.6 Å². The maximum absolute atomic E-state index is 12.3. The first-order chi connectivity index (χ1) is 12.1. The third-order valence-corrected chi connectivity index (χ3v) is 5.75. The van der Waals surface area contributed by atoms with Crippen LogP contribution in [0.25, 0.3) is 0 Å². The molecule has 0 saturated carbocycles. The van der Waals surface area contributed by atoms with Gasteiger partial charge in [0.05, 0.1) is 17.8 Å². The summed E-state index contributed by atoms with van der Waals surface area (Å²) in [5, 5.41) is 0.303. The summed E-state index contributed by atoms with van der Waals surface area (Å²) < 4.78 is 30.4. The van der Waals surface area contributed by atoms with Gasteiger partial charge in [-0.05, 0) is 38.0 Å². The number of likely N-dealkylation sites (N-methyl/N-ethyl adjacent to an activating group) is 1. The molecule has 0 bridgehead atoms. The normalized spacial score (nSPS) is 16.3. The standard InChI is InChI=1S/C17H23ClN2O5S/c1-12(21)11-19(2)17(22)13-4-5-16(15(18)10-13)25-14-6-8-20(9-7-14)26(3,23)24/h4-5,10,14H,6-9,11H2,1-3H3. The molecule has 0 unspecified atom stereocenters. The van der Waals surface area contributed by atoms with Crippen molar-refractivity contribution in [1.82, 2.24) is 9.21 Å². The Morgan fingerprint density at radius 2 is 1.92 bits per heavy atom. The predicted molar refractivity (Wildman–Crippen MR) is 99.2 cm³/mol. The fraction of sp³-hybridized carbons (Fsp3) is 0.529. The lowest BCUT2D eigenvalue weighted by Gasteiger charge is -2.30. The predicted octanol–water partition coefficient (Wildman–Crippen LogP) is 1.80. The zero-order valence-electron chi connectivity index (χ0n) is 15.1. The van der Waals surface area contributed by atoms with Crippen LogP contribution in [0.15, 0.2) is 18.2 Å². The van der Waals surface area contributed by atoms with Crippen LogP contribution in [-0.4, -0.2) is 68.4 Å². The van der Waals surface area contributed by atoms with Crippen LogP contribution in [0.4, 0.5) is 0 Å². The number of piperidine rings is 1. The molecule has 9 heteroatoms. The van der Waals surface area contributed by atoms with Gasteiger partial charge < -0.3 is 9.64 Å². The van der Waals surface area contributed by atoms with E-state index in [1.165, 1.54) is 28.5 Å². The van der Waals surface area contributed by atoms with E-state index < -0.39 is 10.0 Å². The molecule has 0 aliphatic carbocycles. The smallest absolute Gasteiger partial charge is 0.254 e. The Labute approximate surface area is 158 Å². The van der Waals surface area contributed by atoms with Gasteiger partial charge in [-0.15, -0.1) is 0 Å². The van der Waals surface area contributed by atoms with Crippen LogP contribution in [0, 0.1) is 0 Å². The van der Waals surface area contributed by atoms with Gasteiger partial charge in [0.15, 0.2) is 0 Å². The second-order valence-corrected chi connectivity index (χ2v) is 8.88. The number of rotatable bonds is 6. The summed E-state index contributed by atoms with van der Waals surface area (Å²) in [6, 6.07) is 4.74. The summed E-state index contributed by atoms with van der Waals surface area (Å²) in [6.07, 6.45) is 2.22. The Morgan fingerprint density at radius 1 is 1.31 bits per heavy atom. The van der Waals surface area contributed by atoms with E-state index >= 15 is 0 Å². The average molecular weight is 403 g/mol. The second-order valence-electron chi connectivity index (χ2n) is 6.49. The summed E-state index contributed by atoms with van der Waals surface area (Å²) in [7, 11) is -1.62. The quantitative estimate of drug-likeness (QED) is 0.724. The maximum atomic E-state index is 12.3. The monoisotopic (exact) mass is 402 g/mol. The van der Waals surface area contributed by atoms with E-state index in [1.807, 2.05) is 0 Å². The lowest BCUT2D eigenvalue weighted by atomic mass is 10.1. The molecule has 1 heterocycles. The van der Waals surface area contributed by atoms with Crippen LogP contribution in [0.5, 0.6) is 5.75 Å². The minimum atomic E-state index is -3.18. The van der Waals surface area contributed by atoms with Crippen molar-refractivity contribution in [1.29, 1.82) is 0 Å². The van der Waals surface area contributed by atoms with E-state index in [2.05, 4.69) is 0 Å². The van der Waals surface area contributed by atoms with Gasteiger partial charge in [-0.25, -0.2) is 12.7 Å². The molecule has 1 fully saturated rings. The molecule has 1 aromatic carbocycles. The topological polar surface area (TPSA) is 84.0 Å². The maximum Gasteiger partial charge on any atom is 0.254 e. The Kier molecular flexibility index (Phi) is 6.65. The Morgan fingerprint density at radius 3 is 2.42 bits per heavy atom. The van der Waals surface area contributed by atoms with Crippen molar-refractivity contribution in [2.75, 3.05) is 32.9 Å². The highest BCUT2D eigenvalue weighted by Gasteiger charge is 2.26. The number of sulfonamides is 1. The minimum absolute atomic E-state index is 0.0353. The zero-order chi connectivity index (χ0) is 19.5. The lowest BCUT2D eigenvalue weighted by molar-refractivity contribution is -0.117. The number of hydrogen-bond acceptors (Lipinski definition) is 5. The molecule has 1 amide bonds. The van der Waals surface area contributed by atoms with Gasteiger partial charge in [-0.3, -0.25) is 9.59 Å². The molecule has 1 aliphatic heterocycles. The molecule has 0 radical (unpaired) electrons. The molecule has 1 aliphatic rings. The molecule has 144 valence electrons. The van der Waals surface area contributed by atoms with Crippen molar-refractivity contribution in [3.8, 4) is 5.75 Å². The number of nitrogens with zero attached hydrogens (tertiary/aromatic N) is 2. The number of amides is 1. The number of ether oxygens (including phenoxy) is 1. The Bertz CT molecular complexity index is 788. The molecule has 0 aromatic heterocycles. The minimum Gasteiger partial charge on any atom is -0.489 e. The molecule has 0 atom stereocenters. The molecular weight excluding hydrogens is 380 g/mol. The van der Waals surface area contributed by atoms with Crippen LogP contribution in [0.2, 0.25) is 5.02 Å². The first kappa shape index (κ1) is 20.7. The number of carbonyl (C=O) groups is 2. The van der Waals surface area contributed by atoms with Crippen molar-refractivity contribution in [3.05, 3.63) is 28.8 Å². The van der Waals surface area contributed by atoms with Crippen molar-refractivity contribution in [2.45, 2.75) is 25.9 Å².